The van der Waals surface area contributed by atoms with Crippen molar-refractivity contribution in [1.82, 2.24) is 4.90 Å². The molecule has 0 radical (unpaired) electrons. The molecular formula is C24H21ClFN3O2. The zero-order valence-corrected chi connectivity index (χ0v) is 17.5. The van der Waals surface area contributed by atoms with Crippen molar-refractivity contribution in [3.8, 4) is 0 Å². The second-order valence-corrected chi connectivity index (χ2v) is 7.79. The monoisotopic (exact) mass is 437 g/mol. The summed E-state index contributed by atoms with van der Waals surface area (Å²) in [4.78, 5) is 29.2. The number of benzene rings is 3. The molecule has 0 bridgehead atoms. The summed E-state index contributed by atoms with van der Waals surface area (Å²) in [6.07, 6.45) is 0.818. The highest BCUT2D eigenvalue weighted by molar-refractivity contribution is 6.30. The third kappa shape index (κ3) is 5.03. The highest BCUT2D eigenvalue weighted by Crippen LogP contribution is 2.23. The molecule has 1 aliphatic rings. The maximum atomic E-state index is 13.4. The van der Waals surface area contributed by atoms with Gasteiger partial charge >= 0.3 is 6.03 Å². The topological polar surface area (TPSA) is 52.7 Å². The van der Waals surface area contributed by atoms with Crippen LogP contribution in [0.15, 0.2) is 72.8 Å². The van der Waals surface area contributed by atoms with E-state index >= 15 is 0 Å². The molecule has 0 aromatic heterocycles. The van der Waals surface area contributed by atoms with E-state index < -0.39 is 5.82 Å². The SMILES string of the molecule is O=C(Nc1cccc(F)c1)c1cccc(N2CCCN(Cc3ccc(Cl)cc3)C2=O)c1. The second-order valence-electron chi connectivity index (χ2n) is 7.35. The molecule has 1 fully saturated rings. The summed E-state index contributed by atoms with van der Waals surface area (Å²) in [6, 6.07) is 19.9. The normalized spacial score (nSPS) is 13.9. The van der Waals surface area contributed by atoms with Gasteiger partial charge in [0.25, 0.3) is 5.91 Å². The molecule has 1 aliphatic heterocycles. The van der Waals surface area contributed by atoms with Gasteiger partial charge in [0, 0.05) is 41.6 Å². The van der Waals surface area contributed by atoms with Crippen LogP contribution in [0.4, 0.5) is 20.6 Å². The van der Waals surface area contributed by atoms with Gasteiger partial charge in [0.2, 0.25) is 0 Å². The lowest BCUT2D eigenvalue weighted by Gasteiger charge is -2.35. The Labute approximate surface area is 185 Å². The molecule has 0 saturated carbocycles. The lowest BCUT2D eigenvalue weighted by molar-refractivity contribution is 0.102. The largest absolute Gasteiger partial charge is 0.324 e. The van der Waals surface area contributed by atoms with Crippen LogP contribution in [0.1, 0.15) is 22.3 Å². The van der Waals surface area contributed by atoms with E-state index in [1.165, 1.54) is 18.2 Å². The summed E-state index contributed by atoms with van der Waals surface area (Å²) in [7, 11) is 0. The molecule has 0 aliphatic carbocycles. The van der Waals surface area contributed by atoms with Crippen molar-refractivity contribution in [2.75, 3.05) is 23.3 Å². The van der Waals surface area contributed by atoms with Gasteiger partial charge in [-0.25, -0.2) is 9.18 Å². The first kappa shape index (κ1) is 20.9. The summed E-state index contributed by atoms with van der Waals surface area (Å²) in [5.74, 6) is -0.791. The van der Waals surface area contributed by atoms with E-state index in [9.17, 15) is 14.0 Å². The van der Waals surface area contributed by atoms with Crippen LogP contribution in [0.25, 0.3) is 0 Å². The van der Waals surface area contributed by atoms with E-state index in [2.05, 4.69) is 5.32 Å². The van der Waals surface area contributed by atoms with E-state index in [0.29, 0.717) is 41.6 Å². The van der Waals surface area contributed by atoms with Gasteiger partial charge in [-0.3, -0.25) is 9.69 Å². The number of nitrogens with zero attached hydrogens (tertiary/aromatic N) is 2. The summed E-state index contributed by atoms with van der Waals surface area (Å²) >= 11 is 5.95. The quantitative estimate of drug-likeness (QED) is 0.567. The number of halogens is 2. The van der Waals surface area contributed by atoms with Crippen molar-refractivity contribution in [3.05, 3.63) is 94.8 Å². The summed E-state index contributed by atoms with van der Waals surface area (Å²) < 4.78 is 13.4. The van der Waals surface area contributed by atoms with Crippen molar-refractivity contribution >= 4 is 34.9 Å². The molecule has 3 aromatic carbocycles. The van der Waals surface area contributed by atoms with Crippen LogP contribution in [0.2, 0.25) is 5.02 Å². The molecule has 31 heavy (non-hydrogen) atoms. The van der Waals surface area contributed by atoms with Gasteiger partial charge in [0.05, 0.1) is 0 Å². The molecule has 4 rings (SSSR count). The minimum Gasteiger partial charge on any atom is -0.322 e. The Balaban J connectivity index is 1.49. The number of anilines is 2. The number of amides is 3. The van der Waals surface area contributed by atoms with Gasteiger partial charge in [-0.05, 0) is 60.5 Å². The van der Waals surface area contributed by atoms with Gasteiger partial charge in [-0.15, -0.1) is 0 Å². The summed E-state index contributed by atoms with van der Waals surface area (Å²) in [6.45, 7) is 1.73. The Morgan fingerprint density at radius 1 is 1.00 bits per heavy atom. The Morgan fingerprint density at radius 3 is 2.55 bits per heavy atom. The second kappa shape index (κ2) is 9.18. The maximum absolute atomic E-state index is 13.4. The number of carbonyl (C=O) groups is 2. The smallest absolute Gasteiger partial charge is 0.322 e. The Morgan fingerprint density at radius 2 is 1.77 bits per heavy atom. The fourth-order valence-electron chi connectivity index (χ4n) is 3.56. The van der Waals surface area contributed by atoms with Gasteiger partial charge in [-0.1, -0.05) is 35.9 Å². The number of urea groups is 1. The fourth-order valence-corrected chi connectivity index (χ4v) is 3.69. The number of hydrogen-bond donors (Lipinski definition) is 1. The number of hydrogen-bond acceptors (Lipinski definition) is 2. The van der Waals surface area contributed by atoms with Crippen molar-refractivity contribution in [3.63, 3.8) is 0 Å². The summed E-state index contributed by atoms with van der Waals surface area (Å²) in [5, 5.41) is 3.34. The molecule has 0 atom stereocenters. The molecule has 158 valence electrons. The average Bonchev–Trinajstić information content (AvgIpc) is 2.77. The lowest BCUT2D eigenvalue weighted by atomic mass is 10.1. The van der Waals surface area contributed by atoms with Crippen molar-refractivity contribution in [2.45, 2.75) is 13.0 Å². The first-order chi connectivity index (χ1) is 15.0. The number of carbonyl (C=O) groups excluding carboxylic acids is 2. The van der Waals surface area contributed by atoms with E-state index in [1.54, 1.807) is 34.1 Å². The third-order valence-electron chi connectivity index (χ3n) is 5.10. The molecule has 3 aromatic rings. The molecule has 7 heteroatoms. The molecule has 1 N–H and O–H groups in total. The van der Waals surface area contributed by atoms with Crippen LogP contribution in [0, 0.1) is 5.82 Å². The highest BCUT2D eigenvalue weighted by Gasteiger charge is 2.27. The molecule has 5 nitrogen and oxygen atoms in total. The van der Waals surface area contributed by atoms with Crippen LogP contribution in [-0.4, -0.2) is 29.9 Å². The molecule has 1 heterocycles. The third-order valence-corrected chi connectivity index (χ3v) is 5.35. The van der Waals surface area contributed by atoms with E-state index in [0.717, 1.165) is 12.0 Å². The van der Waals surface area contributed by atoms with E-state index in [-0.39, 0.29) is 11.9 Å². The van der Waals surface area contributed by atoms with Crippen molar-refractivity contribution in [1.29, 1.82) is 0 Å². The standard InChI is InChI=1S/C24H21ClFN3O2/c25-19-10-8-17(9-11-19)16-28-12-3-13-29(24(28)31)22-7-1-4-18(14-22)23(30)27-21-6-2-5-20(26)15-21/h1-2,4-11,14-15H,3,12-13,16H2,(H,27,30). The van der Waals surface area contributed by atoms with Gasteiger partial charge in [0.1, 0.15) is 5.82 Å². The van der Waals surface area contributed by atoms with Gasteiger partial charge in [-0.2, -0.15) is 0 Å². The van der Waals surface area contributed by atoms with Crippen molar-refractivity contribution < 1.29 is 14.0 Å². The van der Waals surface area contributed by atoms with Gasteiger partial charge < -0.3 is 10.2 Å². The molecule has 0 unspecified atom stereocenters. The van der Waals surface area contributed by atoms with E-state index in [4.69, 9.17) is 11.6 Å². The predicted octanol–water partition coefficient (Wildman–Crippen LogP) is 5.56. The molecule has 1 saturated heterocycles. The van der Waals surface area contributed by atoms with Crippen molar-refractivity contribution in [2.24, 2.45) is 0 Å². The fraction of sp³-hybridized carbons (Fsp3) is 0.167. The first-order valence-electron chi connectivity index (χ1n) is 9.97. The highest BCUT2D eigenvalue weighted by atomic mass is 35.5. The molecule has 3 amide bonds. The Kier molecular flexibility index (Phi) is 6.18. The Bertz CT molecular complexity index is 1100. The van der Waals surface area contributed by atoms with Crippen LogP contribution in [0.5, 0.6) is 0 Å². The molecule has 0 spiro atoms. The Hall–Kier alpha value is -3.38. The van der Waals surface area contributed by atoms with Crippen LogP contribution in [0.3, 0.4) is 0 Å². The average molecular weight is 438 g/mol. The number of nitrogens with one attached hydrogen (secondary N) is 1. The summed E-state index contributed by atoms with van der Waals surface area (Å²) in [5.41, 5.74) is 2.42. The maximum Gasteiger partial charge on any atom is 0.324 e. The zero-order valence-electron chi connectivity index (χ0n) is 16.7. The zero-order chi connectivity index (χ0) is 21.8. The van der Waals surface area contributed by atoms with E-state index in [1.807, 2.05) is 30.3 Å². The lowest BCUT2D eigenvalue weighted by Crippen LogP contribution is -2.49. The minimum absolute atomic E-state index is 0.108. The van der Waals surface area contributed by atoms with Crippen LogP contribution in [-0.2, 0) is 6.54 Å². The predicted molar refractivity (Wildman–Crippen MR) is 120 cm³/mol. The van der Waals surface area contributed by atoms with Crippen LogP contribution >= 0.6 is 11.6 Å². The molecular weight excluding hydrogens is 417 g/mol. The first-order valence-corrected chi connectivity index (χ1v) is 10.4. The minimum atomic E-state index is -0.425. The van der Waals surface area contributed by atoms with Crippen LogP contribution < -0.4 is 10.2 Å². The number of rotatable bonds is 5. The van der Waals surface area contributed by atoms with Gasteiger partial charge in [0.15, 0.2) is 0 Å².